The number of hydrogen-bond donors (Lipinski definition) is 0. The summed E-state index contributed by atoms with van der Waals surface area (Å²) in [5, 5.41) is 14.4. The summed E-state index contributed by atoms with van der Waals surface area (Å²) in [5.74, 6) is -1.11. The molecule has 0 unspecified atom stereocenters. The number of hydrogen-bond acceptors (Lipinski definition) is 4. The smallest absolute Gasteiger partial charge is 0.192 e. The first kappa shape index (κ1) is 18.0. The average molecular weight is 390 g/mol. The van der Waals surface area contributed by atoms with E-state index in [1.54, 1.807) is 18.5 Å². The summed E-state index contributed by atoms with van der Waals surface area (Å²) in [6.45, 7) is 1.71. The molecule has 4 rings (SSSR count). The second kappa shape index (κ2) is 6.95. The van der Waals surface area contributed by atoms with Crippen molar-refractivity contribution in [3.05, 3.63) is 76.8 Å². The van der Waals surface area contributed by atoms with Crippen molar-refractivity contribution in [2.75, 3.05) is 0 Å². The monoisotopic (exact) mass is 389 g/mol. The lowest BCUT2D eigenvalue weighted by Crippen LogP contribution is -2.16. The summed E-state index contributed by atoms with van der Waals surface area (Å²) in [7, 11) is 1.80. The lowest BCUT2D eigenvalue weighted by Gasteiger charge is -2.09. The molecule has 0 amide bonds. The minimum Gasteiger partial charge on any atom is -0.330 e. The lowest BCUT2D eigenvalue weighted by molar-refractivity contribution is 0.0975. The fraction of sp³-hybridized carbons (Fsp3) is 0.143. The summed E-state index contributed by atoms with van der Waals surface area (Å²) in [4.78, 5) is 17.8. The summed E-state index contributed by atoms with van der Waals surface area (Å²) >= 11 is 6.51. The van der Waals surface area contributed by atoms with Crippen molar-refractivity contribution in [3.63, 3.8) is 0 Å². The highest BCUT2D eigenvalue weighted by molar-refractivity contribution is 6.33. The van der Waals surface area contributed by atoms with Gasteiger partial charge in [-0.05, 0) is 31.2 Å². The molecule has 0 aliphatic rings. The van der Waals surface area contributed by atoms with Crippen molar-refractivity contribution in [1.82, 2.24) is 19.3 Å². The predicted molar refractivity (Wildman–Crippen MR) is 107 cm³/mol. The largest absolute Gasteiger partial charge is 0.330 e. The van der Waals surface area contributed by atoms with Crippen LogP contribution < -0.4 is 0 Å². The zero-order valence-electron chi connectivity index (χ0n) is 15.3. The number of carbonyl (C=O) groups is 1. The molecule has 0 fully saturated rings. The number of halogens is 1. The second-order valence-electron chi connectivity index (χ2n) is 6.44. The van der Waals surface area contributed by atoms with Crippen molar-refractivity contribution in [3.8, 4) is 11.8 Å². The van der Waals surface area contributed by atoms with E-state index in [2.05, 4.69) is 16.2 Å². The van der Waals surface area contributed by atoms with E-state index in [0.29, 0.717) is 11.5 Å². The number of nitriles is 1. The van der Waals surface area contributed by atoms with Crippen LogP contribution in [0.5, 0.6) is 0 Å². The minimum atomic E-state index is -1.08. The van der Waals surface area contributed by atoms with Crippen molar-refractivity contribution < 1.29 is 4.79 Å². The van der Waals surface area contributed by atoms with Gasteiger partial charge in [-0.3, -0.25) is 4.79 Å². The predicted octanol–water partition coefficient (Wildman–Crippen LogP) is 4.21. The van der Waals surface area contributed by atoms with Gasteiger partial charge in [0.2, 0.25) is 0 Å². The molecule has 1 atom stereocenters. The maximum atomic E-state index is 13.3. The van der Waals surface area contributed by atoms with Crippen LogP contribution in [0.3, 0.4) is 0 Å². The van der Waals surface area contributed by atoms with Gasteiger partial charge in [-0.2, -0.15) is 10.4 Å². The van der Waals surface area contributed by atoms with Crippen LogP contribution in [0.25, 0.3) is 16.7 Å². The molecule has 0 aliphatic carbocycles. The number of aromatic nitrogens is 4. The first-order valence-corrected chi connectivity index (χ1v) is 9.06. The van der Waals surface area contributed by atoms with Crippen LogP contribution in [0.4, 0.5) is 0 Å². The maximum Gasteiger partial charge on any atom is 0.192 e. The van der Waals surface area contributed by atoms with Gasteiger partial charge in [0, 0.05) is 7.05 Å². The summed E-state index contributed by atoms with van der Waals surface area (Å²) < 4.78 is 3.28. The first-order valence-electron chi connectivity index (χ1n) is 8.68. The number of fused-ring (bicyclic) bond motifs is 1. The third-order valence-corrected chi connectivity index (χ3v) is 5.07. The fourth-order valence-electron chi connectivity index (χ4n) is 3.32. The van der Waals surface area contributed by atoms with Gasteiger partial charge in [0.05, 0.1) is 34.0 Å². The first-order chi connectivity index (χ1) is 13.5. The van der Waals surface area contributed by atoms with Crippen molar-refractivity contribution in [2.24, 2.45) is 7.05 Å². The zero-order chi connectivity index (χ0) is 19.8. The molecule has 0 bridgehead atoms. The molecule has 2 aromatic carbocycles. The van der Waals surface area contributed by atoms with Crippen LogP contribution >= 0.6 is 11.6 Å². The van der Waals surface area contributed by atoms with Gasteiger partial charge >= 0.3 is 0 Å². The molecule has 0 N–H and O–H groups in total. The van der Waals surface area contributed by atoms with E-state index in [1.165, 1.54) is 4.68 Å². The Kier molecular flexibility index (Phi) is 4.46. The number of ketones is 1. The Balaban J connectivity index is 1.81. The molecule has 2 heterocycles. The van der Waals surface area contributed by atoms with Crippen LogP contribution in [0.2, 0.25) is 5.15 Å². The summed E-state index contributed by atoms with van der Waals surface area (Å²) in [5.41, 5.74) is 3.04. The van der Waals surface area contributed by atoms with E-state index in [9.17, 15) is 10.1 Å². The highest BCUT2D eigenvalue weighted by atomic mass is 35.5. The van der Waals surface area contributed by atoms with E-state index in [4.69, 9.17) is 11.6 Å². The van der Waals surface area contributed by atoms with Crippen LogP contribution in [0.1, 0.15) is 27.8 Å². The van der Waals surface area contributed by atoms with Crippen molar-refractivity contribution in [2.45, 2.75) is 12.8 Å². The molecule has 28 heavy (non-hydrogen) atoms. The number of imidazole rings is 1. The van der Waals surface area contributed by atoms with Gasteiger partial charge in [0.15, 0.2) is 11.7 Å². The molecule has 7 heteroatoms. The van der Waals surface area contributed by atoms with Crippen LogP contribution in [-0.4, -0.2) is 25.1 Å². The Morgan fingerprint density at radius 1 is 1.14 bits per heavy atom. The number of benzene rings is 2. The number of aryl methyl sites for hydroxylation is 2. The molecule has 2 aromatic heterocycles. The quantitative estimate of drug-likeness (QED) is 0.490. The normalized spacial score (nSPS) is 12.1. The van der Waals surface area contributed by atoms with Gasteiger partial charge < -0.3 is 4.57 Å². The molecule has 0 saturated carbocycles. The molecule has 0 saturated heterocycles. The summed E-state index contributed by atoms with van der Waals surface area (Å²) in [6, 6.07) is 18.9. The topological polar surface area (TPSA) is 76.5 Å². The third kappa shape index (κ3) is 2.77. The van der Waals surface area contributed by atoms with Crippen molar-refractivity contribution in [1.29, 1.82) is 5.26 Å². The fourth-order valence-corrected chi connectivity index (χ4v) is 3.68. The minimum absolute atomic E-state index is 0.188. The Hall–Kier alpha value is -3.43. The highest BCUT2D eigenvalue weighted by Crippen LogP contribution is 2.30. The van der Waals surface area contributed by atoms with E-state index >= 15 is 0 Å². The van der Waals surface area contributed by atoms with Crippen molar-refractivity contribution >= 4 is 28.4 Å². The maximum absolute atomic E-state index is 13.3. The molecule has 0 aliphatic heterocycles. The van der Waals surface area contributed by atoms with Gasteiger partial charge in [-0.15, -0.1) is 0 Å². The van der Waals surface area contributed by atoms with Crippen LogP contribution in [0.15, 0.2) is 54.6 Å². The summed E-state index contributed by atoms with van der Waals surface area (Å²) in [6.07, 6.45) is 0. The zero-order valence-corrected chi connectivity index (χ0v) is 16.1. The Morgan fingerprint density at radius 2 is 1.82 bits per heavy atom. The van der Waals surface area contributed by atoms with Crippen LogP contribution in [-0.2, 0) is 7.05 Å². The van der Waals surface area contributed by atoms with Crippen LogP contribution in [0, 0.1) is 18.3 Å². The molecule has 0 spiro atoms. The highest BCUT2D eigenvalue weighted by Gasteiger charge is 2.32. The third-order valence-electron chi connectivity index (χ3n) is 4.72. The molecule has 4 aromatic rings. The van der Waals surface area contributed by atoms with Gasteiger partial charge in [-0.1, -0.05) is 41.9 Å². The van der Waals surface area contributed by atoms with E-state index < -0.39 is 11.7 Å². The van der Waals surface area contributed by atoms with Gasteiger partial charge in [0.25, 0.3) is 0 Å². The number of rotatable bonds is 4. The average Bonchev–Trinajstić information content (AvgIpc) is 3.20. The van der Waals surface area contributed by atoms with Gasteiger partial charge in [-0.25, -0.2) is 9.67 Å². The number of nitrogens with zero attached hydrogens (tertiary/aromatic N) is 5. The Labute approximate surface area is 166 Å². The Bertz CT molecular complexity index is 1230. The molecule has 0 radical (unpaired) electrons. The number of Topliss-reactive ketones (excluding diaryl/α,β-unsaturated/α-hetero) is 1. The van der Waals surface area contributed by atoms with Gasteiger partial charge in [0.1, 0.15) is 11.0 Å². The number of carbonyl (C=O) groups excluding carboxylic acids is 1. The molecule has 138 valence electrons. The molecular formula is C21H16ClN5O. The molecular weight excluding hydrogens is 374 g/mol. The van der Waals surface area contributed by atoms with E-state index in [1.807, 2.05) is 54.6 Å². The number of para-hydroxylation sites is 3. The molecule has 6 nitrogen and oxygen atoms in total. The lowest BCUT2D eigenvalue weighted by atomic mass is 9.98. The standard InChI is InChI=1S/C21H16ClN5O/c1-13-18(20(22)27(25-13)14-8-4-3-5-9-14)19(28)15(12-23)21-24-16-10-6-7-11-17(16)26(21)2/h3-11,15H,1-2H3/t15-/m1/s1. The SMILES string of the molecule is Cc1nn(-c2ccccc2)c(Cl)c1C(=O)[C@@H](C#N)c1nc2ccccc2n1C. The Morgan fingerprint density at radius 3 is 2.50 bits per heavy atom. The second-order valence-corrected chi connectivity index (χ2v) is 6.80. The van der Waals surface area contributed by atoms with E-state index in [0.717, 1.165) is 16.7 Å². The van der Waals surface area contributed by atoms with E-state index in [-0.39, 0.29) is 10.7 Å².